The van der Waals surface area contributed by atoms with Crippen LogP contribution in [0.2, 0.25) is 0 Å². The van der Waals surface area contributed by atoms with E-state index in [1.807, 2.05) is 13.0 Å². The van der Waals surface area contributed by atoms with Crippen molar-refractivity contribution in [2.24, 2.45) is 0 Å². The molecule has 0 fully saturated rings. The number of unbranched alkanes of at least 4 members (excludes halogenated alkanes) is 1. The zero-order valence-electron chi connectivity index (χ0n) is 22.2. The summed E-state index contributed by atoms with van der Waals surface area (Å²) in [5.41, 5.74) is 9.98. The number of ether oxygens (including phenoxy) is 1. The van der Waals surface area contributed by atoms with E-state index in [-0.39, 0.29) is 11.6 Å². The highest BCUT2D eigenvalue weighted by Gasteiger charge is 2.27. The smallest absolute Gasteiger partial charge is 0.133 e. The lowest BCUT2D eigenvalue weighted by Gasteiger charge is -2.13. The van der Waals surface area contributed by atoms with Gasteiger partial charge in [0.25, 0.3) is 0 Å². The van der Waals surface area contributed by atoms with E-state index in [1.54, 1.807) is 11.6 Å². The Morgan fingerprint density at radius 2 is 1.97 bits per heavy atom. The number of aliphatic hydroxyl groups is 1. The van der Waals surface area contributed by atoms with Crippen LogP contribution in [0.15, 0.2) is 36.9 Å². The molecule has 0 bridgehead atoms. The zero-order chi connectivity index (χ0) is 26.2. The molecule has 4 aromatic rings. The normalized spacial score (nSPS) is 15.3. The van der Waals surface area contributed by atoms with Gasteiger partial charge >= 0.3 is 0 Å². The van der Waals surface area contributed by atoms with Crippen molar-refractivity contribution in [2.75, 3.05) is 6.61 Å². The molecular weight excluding hydrogens is 477 g/mol. The van der Waals surface area contributed by atoms with E-state index >= 15 is 4.39 Å². The highest BCUT2D eigenvalue weighted by atomic mass is 19.1. The molecule has 2 aromatic heterocycles. The van der Waals surface area contributed by atoms with Crippen molar-refractivity contribution in [3.05, 3.63) is 82.1 Å². The summed E-state index contributed by atoms with van der Waals surface area (Å²) in [7, 11) is 0. The summed E-state index contributed by atoms with van der Waals surface area (Å²) in [5.74, 6) is -0.250. The lowest BCUT2D eigenvalue weighted by molar-refractivity contribution is 0.114. The van der Waals surface area contributed by atoms with Gasteiger partial charge in [0.2, 0.25) is 0 Å². The molecule has 0 saturated heterocycles. The van der Waals surface area contributed by atoms with Crippen LogP contribution in [-0.4, -0.2) is 26.5 Å². The third-order valence-corrected chi connectivity index (χ3v) is 8.35. The van der Waals surface area contributed by atoms with Crippen LogP contribution >= 0.6 is 0 Å². The number of hydrogen-bond acceptors (Lipinski definition) is 3. The number of aromatic nitrogens is 3. The summed E-state index contributed by atoms with van der Waals surface area (Å²) in [6.45, 7) is 7.48. The van der Waals surface area contributed by atoms with Crippen molar-refractivity contribution in [3.63, 3.8) is 0 Å². The van der Waals surface area contributed by atoms with Crippen molar-refractivity contribution >= 4 is 16.7 Å². The minimum Gasteiger partial charge on any atom is -0.506 e. The first-order chi connectivity index (χ1) is 18.5. The third-order valence-electron chi connectivity index (χ3n) is 8.35. The van der Waals surface area contributed by atoms with Crippen LogP contribution in [0.5, 0.6) is 0 Å². The Hall–Kier alpha value is -3.38. The van der Waals surface area contributed by atoms with Crippen molar-refractivity contribution in [3.8, 4) is 11.1 Å². The van der Waals surface area contributed by atoms with Gasteiger partial charge in [-0.05, 0) is 99.1 Å². The number of aromatic amines is 1. The lowest BCUT2D eigenvalue weighted by Crippen LogP contribution is -2.06. The second-order valence-corrected chi connectivity index (χ2v) is 10.8. The molecule has 0 amide bonds. The van der Waals surface area contributed by atoms with Gasteiger partial charge < -0.3 is 14.4 Å². The fourth-order valence-electron chi connectivity index (χ4n) is 6.65. The average molecular weight is 514 g/mol. The van der Waals surface area contributed by atoms with Crippen molar-refractivity contribution in [2.45, 2.75) is 77.9 Å². The summed E-state index contributed by atoms with van der Waals surface area (Å²) in [5, 5.41) is 19.3. The van der Waals surface area contributed by atoms with Gasteiger partial charge in [0.05, 0.1) is 23.5 Å². The van der Waals surface area contributed by atoms with Crippen molar-refractivity contribution in [1.29, 1.82) is 0 Å². The molecule has 2 aromatic carbocycles. The second-order valence-electron chi connectivity index (χ2n) is 10.8. The monoisotopic (exact) mass is 513 g/mol. The molecule has 6 heteroatoms. The molecule has 38 heavy (non-hydrogen) atoms. The maximum absolute atomic E-state index is 15.7. The summed E-state index contributed by atoms with van der Waals surface area (Å²) < 4.78 is 23.6. The van der Waals surface area contributed by atoms with E-state index in [4.69, 9.17) is 4.74 Å². The maximum atomic E-state index is 15.7. The Kier molecular flexibility index (Phi) is 6.83. The first kappa shape index (κ1) is 24.9. The fraction of sp³-hybridized carbons (Fsp3) is 0.406. The zero-order valence-corrected chi connectivity index (χ0v) is 22.2. The molecule has 0 radical (unpaired) electrons. The lowest BCUT2D eigenvalue weighted by atomic mass is 9.95. The number of nitrogens with zero attached hydrogens (tertiary/aromatic N) is 2. The minimum absolute atomic E-state index is 0.0405. The number of H-pyrrole nitrogens is 1. The van der Waals surface area contributed by atoms with E-state index in [9.17, 15) is 5.11 Å². The van der Waals surface area contributed by atoms with Crippen molar-refractivity contribution in [1.82, 2.24) is 14.8 Å². The second kappa shape index (κ2) is 10.4. The molecule has 1 aliphatic heterocycles. The molecular formula is C32H36FN3O2. The van der Waals surface area contributed by atoms with Gasteiger partial charge in [0.15, 0.2) is 0 Å². The first-order valence-electron chi connectivity index (χ1n) is 14.0. The largest absolute Gasteiger partial charge is 0.506 e. The molecule has 0 spiro atoms. The molecule has 5 nitrogen and oxygen atoms in total. The number of rotatable bonds is 6. The van der Waals surface area contributed by atoms with Gasteiger partial charge in [0, 0.05) is 35.4 Å². The summed E-state index contributed by atoms with van der Waals surface area (Å²) in [6.07, 6.45) is 9.31. The quantitative estimate of drug-likeness (QED) is 0.209. The maximum Gasteiger partial charge on any atom is 0.133 e. The van der Waals surface area contributed by atoms with E-state index < -0.39 is 0 Å². The number of aliphatic hydroxyl groups excluding tert-OH is 1. The molecule has 0 saturated carbocycles. The van der Waals surface area contributed by atoms with Crippen LogP contribution in [0.25, 0.3) is 27.8 Å². The van der Waals surface area contributed by atoms with Crippen molar-refractivity contribution < 1.29 is 14.2 Å². The van der Waals surface area contributed by atoms with Crippen LogP contribution in [0, 0.1) is 12.7 Å². The number of benzene rings is 2. The Morgan fingerprint density at radius 3 is 2.84 bits per heavy atom. The van der Waals surface area contributed by atoms with Gasteiger partial charge in [-0.1, -0.05) is 24.8 Å². The topological polar surface area (TPSA) is 63.1 Å². The van der Waals surface area contributed by atoms with Crippen LogP contribution in [-0.2, 0) is 43.6 Å². The first-order valence-corrected chi connectivity index (χ1v) is 14.0. The average Bonchev–Trinajstić information content (AvgIpc) is 3.60. The predicted molar refractivity (Wildman–Crippen MR) is 150 cm³/mol. The number of nitrogens with one attached hydrogen (secondary N) is 1. The molecule has 0 unspecified atom stereocenters. The number of halogens is 1. The highest BCUT2D eigenvalue weighted by Crippen LogP contribution is 2.41. The standard InChI is InChI=1S/C32H36FN3O2/c1-20-29-28(35-34-20)19-38-18-6-5-17-36-31(21(2)37)25(26-15-16-27(33)30(29)32(26)36)13-4-3-9-22-10-7-11-23-12-8-14-24(22)23/h7,10-11,15-16,37H,2-6,8-9,12-14,17-19H2,1H3,(H,34,35). The fourth-order valence-corrected chi connectivity index (χ4v) is 6.65. The molecule has 6 rings (SSSR count). The number of aryl methyl sites for hydroxylation is 5. The van der Waals surface area contributed by atoms with Crippen LogP contribution in [0.3, 0.4) is 0 Å². The van der Waals surface area contributed by atoms with E-state index in [2.05, 4.69) is 39.5 Å². The molecule has 2 aliphatic rings. The van der Waals surface area contributed by atoms with Crippen LogP contribution < -0.4 is 0 Å². The summed E-state index contributed by atoms with van der Waals surface area (Å²) in [4.78, 5) is 0. The van der Waals surface area contributed by atoms with Gasteiger partial charge in [-0.2, -0.15) is 5.10 Å². The van der Waals surface area contributed by atoms with Gasteiger partial charge in [0.1, 0.15) is 11.6 Å². The Bertz CT molecular complexity index is 1510. The van der Waals surface area contributed by atoms with E-state index in [0.29, 0.717) is 31.0 Å². The summed E-state index contributed by atoms with van der Waals surface area (Å²) in [6, 6.07) is 10.2. The van der Waals surface area contributed by atoms with Gasteiger partial charge in [-0.25, -0.2) is 4.39 Å². The van der Waals surface area contributed by atoms with Crippen LogP contribution in [0.4, 0.5) is 4.39 Å². The SMILES string of the molecule is C=C(O)c1c(CCCCc2cccc3c2CCC3)c2ccc(F)c3c2n1CCCCOCc1n[nH]c(C)c1-3. The molecule has 0 atom stereocenters. The van der Waals surface area contributed by atoms with Gasteiger partial charge in [-0.3, -0.25) is 5.10 Å². The van der Waals surface area contributed by atoms with Crippen LogP contribution in [0.1, 0.15) is 71.4 Å². The van der Waals surface area contributed by atoms with E-state index in [0.717, 1.165) is 71.9 Å². The Labute approximate surface area is 223 Å². The summed E-state index contributed by atoms with van der Waals surface area (Å²) >= 11 is 0. The number of hydrogen-bond donors (Lipinski definition) is 2. The molecule has 3 heterocycles. The van der Waals surface area contributed by atoms with E-state index in [1.165, 1.54) is 30.4 Å². The Balaban J connectivity index is 1.40. The highest BCUT2D eigenvalue weighted by molar-refractivity contribution is 6.00. The molecule has 1 aliphatic carbocycles. The molecule has 198 valence electrons. The molecule has 2 N–H and O–H groups in total. The van der Waals surface area contributed by atoms with Gasteiger partial charge in [-0.15, -0.1) is 0 Å². The Morgan fingerprint density at radius 1 is 1.11 bits per heavy atom. The predicted octanol–water partition coefficient (Wildman–Crippen LogP) is 7.37. The third kappa shape index (κ3) is 4.35. The number of fused-ring (bicyclic) bond motifs is 3. The minimum atomic E-state index is -0.291.